The second kappa shape index (κ2) is 8.98. The standard InChI is InChI=1S/C17H19N5O3S2/c1-21(2)16(23)15-19-20-17(27-15)26-9-12-4-5-13(22-7-6-18-10-22)8-14(12)25-11-24-3/h4-8,10H,9,11H2,1-3H3. The maximum absolute atomic E-state index is 11.9. The van der Waals surface area contributed by atoms with Gasteiger partial charge in [-0.2, -0.15) is 0 Å². The van der Waals surface area contributed by atoms with Crippen molar-refractivity contribution in [2.75, 3.05) is 28.0 Å². The SMILES string of the molecule is COCOc1cc(-n2ccnc2)ccc1CSc1nnc(C(=O)N(C)C)s1. The topological polar surface area (TPSA) is 82.4 Å². The maximum atomic E-state index is 11.9. The molecule has 10 heteroatoms. The summed E-state index contributed by atoms with van der Waals surface area (Å²) in [6.45, 7) is 0.158. The molecule has 0 unspecified atom stereocenters. The number of carbonyl (C=O) groups excluding carboxylic acids is 1. The predicted molar refractivity (Wildman–Crippen MR) is 104 cm³/mol. The number of methoxy groups -OCH3 is 1. The number of rotatable bonds is 8. The molecule has 2 heterocycles. The first-order valence-corrected chi connectivity index (χ1v) is 9.79. The zero-order chi connectivity index (χ0) is 19.2. The normalized spacial score (nSPS) is 10.8. The van der Waals surface area contributed by atoms with E-state index in [9.17, 15) is 4.79 Å². The van der Waals surface area contributed by atoms with E-state index in [0.717, 1.165) is 21.3 Å². The van der Waals surface area contributed by atoms with E-state index < -0.39 is 0 Å². The van der Waals surface area contributed by atoms with Gasteiger partial charge in [0.05, 0.1) is 12.0 Å². The Morgan fingerprint density at radius 1 is 1.33 bits per heavy atom. The molecule has 0 saturated carbocycles. The first kappa shape index (κ1) is 19.3. The van der Waals surface area contributed by atoms with Crippen molar-refractivity contribution >= 4 is 29.0 Å². The van der Waals surface area contributed by atoms with Crippen LogP contribution in [0.25, 0.3) is 5.69 Å². The minimum atomic E-state index is -0.145. The van der Waals surface area contributed by atoms with Crippen LogP contribution >= 0.6 is 23.1 Å². The molecule has 1 amide bonds. The summed E-state index contributed by atoms with van der Waals surface area (Å²) in [5.41, 5.74) is 1.94. The molecule has 0 aliphatic rings. The van der Waals surface area contributed by atoms with Crippen molar-refractivity contribution < 1.29 is 14.3 Å². The Kier molecular flexibility index (Phi) is 6.43. The Morgan fingerprint density at radius 2 is 2.19 bits per heavy atom. The molecule has 0 aliphatic heterocycles. The number of imidazole rings is 1. The van der Waals surface area contributed by atoms with Crippen molar-refractivity contribution in [1.29, 1.82) is 0 Å². The van der Waals surface area contributed by atoms with Gasteiger partial charge in [0.2, 0.25) is 5.01 Å². The van der Waals surface area contributed by atoms with Gasteiger partial charge in [-0.25, -0.2) is 4.98 Å². The van der Waals surface area contributed by atoms with Gasteiger partial charge in [0.15, 0.2) is 11.1 Å². The number of carbonyl (C=O) groups is 1. The maximum Gasteiger partial charge on any atom is 0.284 e. The van der Waals surface area contributed by atoms with E-state index in [-0.39, 0.29) is 12.7 Å². The molecule has 0 spiro atoms. The van der Waals surface area contributed by atoms with E-state index in [1.165, 1.54) is 28.0 Å². The van der Waals surface area contributed by atoms with Crippen LogP contribution in [0.1, 0.15) is 15.4 Å². The fraction of sp³-hybridized carbons (Fsp3) is 0.294. The lowest BCUT2D eigenvalue weighted by molar-refractivity contribution is 0.0506. The van der Waals surface area contributed by atoms with Crippen molar-refractivity contribution in [2.24, 2.45) is 0 Å². The molecule has 3 rings (SSSR count). The lowest BCUT2D eigenvalue weighted by Gasteiger charge is -2.12. The largest absolute Gasteiger partial charge is 0.467 e. The van der Waals surface area contributed by atoms with Crippen LogP contribution in [-0.2, 0) is 10.5 Å². The van der Waals surface area contributed by atoms with E-state index in [4.69, 9.17) is 9.47 Å². The minimum absolute atomic E-state index is 0.145. The molecule has 3 aromatic rings. The molecule has 8 nitrogen and oxygen atoms in total. The molecule has 27 heavy (non-hydrogen) atoms. The van der Waals surface area contributed by atoms with Gasteiger partial charge in [-0.3, -0.25) is 4.79 Å². The van der Waals surface area contributed by atoms with Gasteiger partial charge in [0.1, 0.15) is 5.75 Å². The highest BCUT2D eigenvalue weighted by Crippen LogP contribution is 2.31. The van der Waals surface area contributed by atoms with E-state index in [1.54, 1.807) is 33.7 Å². The molecule has 0 saturated heterocycles. The molecular formula is C17H19N5O3S2. The van der Waals surface area contributed by atoms with Gasteiger partial charge in [0, 0.05) is 51.0 Å². The predicted octanol–water partition coefficient (Wildman–Crippen LogP) is 2.70. The minimum Gasteiger partial charge on any atom is -0.467 e. The third-order valence-corrected chi connectivity index (χ3v) is 5.63. The molecule has 1 aromatic carbocycles. The lowest BCUT2D eigenvalue weighted by atomic mass is 10.2. The summed E-state index contributed by atoms with van der Waals surface area (Å²) in [5.74, 6) is 1.21. The van der Waals surface area contributed by atoms with Crippen LogP contribution in [0.15, 0.2) is 41.3 Å². The summed E-state index contributed by atoms with van der Waals surface area (Å²) < 4.78 is 13.4. The van der Waals surface area contributed by atoms with Crippen LogP contribution in [0.4, 0.5) is 0 Å². The van der Waals surface area contributed by atoms with Crippen molar-refractivity contribution in [3.05, 3.63) is 47.5 Å². The van der Waals surface area contributed by atoms with Crippen LogP contribution < -0.4 is 4.74 Å². The molecular weight excluding hydrogens is 386 g/mol. The summed E-state index contributed by atoms with van der Waals surface area (Å²) in [4.78, 5) is 17.5. The van der Waals surface area contributed by atoms with Crippen LogP contribution in [0, 0.1) is 0 Å². The molecule has 142 valence electrons. The summed E-state index contributed by atoms with van der Waals surface area (Å²) >= 11 is 2.79. The highest BCUT2D eigenvalue weighted by Gasteiger charge is 2.15. The number of aromatic nitrogens is 4. The average molecular weight is 406 g/mol. The van der Waals surface area contributed by atoms with Crippen LogP contribution in [-0.4, -0.2) is 58.6 Å². The Balaban J connectivity index is 1.74. The molecule has 0 bridgehead atoms. The Bertz CT molecular complexity index is 896. The lowest BCUT2D eigenvalue weighted by Crippen LogP contribution is -2.21. The number of amides is 1. The third-order valence-electron chi connectivity index (χ3n) is 3.53. The second-order valence-corrected chi connectivity index (χ2v) is 7.87. The first-order chi connectivity index (χ1) is 13.1. The monoisotopic (exact) mass is 405 g/mol. The van der Waals surface area contributed by atoms with Gasteiger partial charge in [-0.15, -0.1) is 10.2 Å². The fourth-order valence-corrected chi connectivity index (χ4v) is 4.04. The molecule has 2 aromatic heterocycles. The highest BCUT2D eigenvalue weighted by atomic mass is 32.2. The van der Waals surface area contributed by atoms with Crippen LogP contribution in [0.3, 0.4) is 0 Å². The molecule has 0 aliphatic carbocycles. The Hall–Kier alpha value is -2.43. The Morgan fingerprint density at radius 3 is 2.89 bits per heavy atom. The van der Waals surface area contributed by atoms with Crippen LogP contribution in [0.2, 0.25) is 0 Å². The Labute approximate surface area is 165 Å². The fourth-order valence-electron chi connectivity index (χ4n) is 2.18. The van der Waals surface area contributed by atoms with Gasteiger partial charge < -0.3 is 18.9 Å². The van der Waals surface area contributed by atoms with Crippen molar-refractivity contribution in [3.8, 4) is 11.4 Å². The van der Waals surface area contributed by atoms with Crippen molar-refractivity contribution in [1.82, 2.24) is 24.6 Å². The molecule has 0 atom stereocenters. The smallest absolute Gasteiger partial charge is 0.284 e. The zero-order valence-corrected chi connectivity index (χ0v) is 16.8. The summed E-state index contributed by atoms with van der Waals surface area (Å²) in [6.07, 6.45) is 5.32. The molecule has 0 fully saturated rings. The van der Waals surface area contributed by atoms with E-state index in [0.29, 0.717) is 10.8 Å². The van der Waals surface area contributed by atoms with Gasteiger partial charge >= 0.3 is 0 Å². The van der Waals surface area contributed by atoms with E-state index in [2.05, 4.69) is 15.2 Å². The second-order valence-electron chi connectivity index (χ2n) is 5.67. The summed E-state index contributed by atoms with van der Waals surface area (Å²) in [5, 5.41) is 8.44. The van der Waals surface area contributed by atoms with Crippen molar-refractivity contribution in [3.63, 3.8) is 0 Å². The quantitative estimate of drug-likeness (QED) is 0.421. The van der Waals surface area contributed by atoms with Gasteiger partial charge in [0.25, 0.3) is 5.91 Å². The third kappa shape index (κ3) is 4.85. The number of thioether (sulfide) groups is 1. The average Bonchev–Trinajstić information content (AvgIpc) is 3.36. The van der Waals surface area contributed by atoms with E-state index in [1.807, 2.05) is 29.0 Å². The number of nitrogens with zero attached hydrogens (tertiary/aromatic N) is 5. The number of benzene rings is 1. The molecule has 0 N–H and O–H groups in total. The van der Waals surface area contributed by atoms with Crippen molar-refractivity contribution in [2.45, 2.75) is 10.1 Å². The molecule has 0 radical (unpaired) electrons. The summed E-state index contributed by atoms with van der Waals surface area (Å²) in [7, 11) is 4.97. The van der Waals surface area contributed by atoms with E-state index >= 15 is 0 Å². The van der Waals surface area contributed by atoms with Gasteiger partial charge in [-0.05, 0) is 6.07 Å². The summed E-state index contributed by atoms with van der Waals surface area (Å²) in [6, 6.07) is 5.94. The zero-order valence-electron chi connectivity index (χ0n) is 15.2. The van der Waals surface area contributed by atoms with Gasteiger partial charge in [-0.1, -0.05) is 29.2 Å². The number of hydrogen-bond donors (Lipinski definition) is 0. The first-order valence-electron chi connectivity index (χ1n) is 7.99. The number of ether oxygens (including phenoxy) is 2. The highest BCUT2D eigenvalue weighted by molar-refractivity contribution is 8.00. The number of hydrogen-bond acceptors (Lipinski definition) is 8. The van der Waals surface area contributed by atoms with Crippen LogP contribution in [0.5, 0.6) is 5.75 Å².